The number of piperidine rings is 1. The summed E-state index contributed by atoms with van der Waals surface area (Å²) < 4.78 is 5.69. The Morgan fingerprint density at radius 3 is 2.56 bits per heavy atom. The highest BCUT2D eigenvalue weighted by Gasteiger charge is 2.17. The van der Waals surface area contributed by atoms with Crippen molar-refractivity contribution in [1.29, 1.82) is 0 Å². The number of likely N-dealkylation sites (tertiary alicyclic amines) is 1. The maximum Gasteiger partial charge on any atom is 0.119 e. The number of nitrogens with zero attached hydrogens (tertiary/aromatic N) is 1. The number of hydrogen-bond donors (Lipinski definition) is 0. The average molecular weight is 268 g/mol. The summed E-state index contributed by atoms with van der Waals surface area (Å²) in [5.41, 5.74) is 0. The number of rotatable bonds is 6. The van der Waals surface area contributed by atoms with Gasteiger partial charge in [-0.3, -0.25) is 0 Å². The Hall–Kier alpha value is -0.730. The van der Waals surface area contributed by atoms with Crippen LogP contribution in [0.25, 0.3) is 0 Å². The zero-order valence-corrected chi connectivity index (χ0v) is 11.6. The van der Waals surface area contributed by atoms with Gasteiger partial charge in [0, 0.05) is 12.4 Å². The molecule has 1 heterocycles. The zero-order valence-electron chi connectivity index (χ0n) is 10.9. The topological polar surface area (TPSA) is 12.5 Å². The number of alkyl halides is 1. The summed E-state index contributed by atoms with van der Waals surface area (Å²) in [6.45, 7) is 4.34. The van der Waals surface area contributed by atoms with Gasteiger partial charge in [0.1, 0.15) is 5.75 Å². The summed E-state index contributed by atoms with van der Waals surface area (Å²) in [5, 5.41) is 0. The summed E-state index contributed by atoms with van der Waals surface area (Å²) in [4.78, 5) is 2.53. The fourth-order valence-electron chi connectivity index (χ4n) is 2.36. The quantitative estimate of drug-likeness (QED) is 0.579. The smallest absolute Gasteiger partial charge is 0.119 e. The molecule has 2 rings (SSSR count). The third kappa shape index (κ3) is 4.51. The van der Waals surface area contributed by atoms with E-state index in [2.05, 4.69) is 4.90 Å². The zero-order chi connectivity index (χ0) is 12.6. The summed E-state index contributed by atoms with van der Waals surface area (Å²) >= 11 is 5.88. The van der Waals surface area contributed by atoms with Crippen LogP contribution in [0.1, 0.15) is 19.3 Å². The molecule has 2 nitrogen and oxygen atoms in total. The molecule has 0 N–H and O–H groups in total. The maximum absolute atomic E-state index is 5.88. The van der Waals surface area contributed by atoms with Gasteiger partial charge in [-0.25, -0.2) is 0 Å². The van der Waals surface area contributed by atoms with Crippen molar-refractivity contribution in [2.45, 2.75) is 19.3 Å². The Morgan fingerprint density at radius 1 is 1.17 bits per heavy atom. The van der Waals surface area contributed by atoms with Gasteiger partial charge < -0.3 is 9.64 Å². The van der Waals surface area contributed by atoms with Gasteiger partial charge in [0.15, 0.2) is 0 Å². The van der Waals surface area contributed by atoms with Crippen molar-refractivity contribution >= 4 is 11.6 Å². The SMILES string of the molecule is ClCC1CCN(CCCOc2ccccc2)CC1. The van der Waals surface area contributed by atoms with E-state index in [0.717, 1.165) is 37.1 Å². The molecule has 3 heteroatoms. The predicted octanol–water partition coefficient (Wildman–Crippen LogP) is 3.41. The van der Waals surface area contributed by atoms with Crippen LogP contribution in [-0.2, 0) is 0 Å². The third-order valence-corrected chi connectivity index (χ3v) is 3.99. The van der Waals surface area contributed by atoms with E-state index in [9.17, 15) is 0 Å². The average Bonchev–Trinajstić information content (AvgIpc) is 2.45. The van der Waals surface area contributed by atoms with Crippen molar-refractivity contribution in [2.24, 2.45) is 5.92 Å². The van der Waals surface area contributed by atoms with Gasteiger partial charge in [-0.15, -0.1) is 11.6 Å². The molecular weight excluding hydrogens is 246 g/mol. The highest BCUT2D eigenvalue weighted by atomic mass is 35.5. The van der Waals surface area contributed by atoms with Gasteiger partial charge in [-0.2, -0.15) is 0 Å². The Morgan fingerprint density at radius 2 is 1.89 bits per heavy atom. The van der Waals surface area contributed by atoms with Crippen molar-refractivity contribution < 1.29 is 4.74 Å². The van der Waals surface area contributed by atoms with Gasteiger partial charge in [-0.05, 0) is 50.4 Å². The number of hydrogen-bond acceptors (Lipinski definition) is 2. The molecule has 0 amide bonds. The van der Waals surface area contributed by atoms with Crippen LogP contribution in [0.15, 0.2) is 30.3 Å². The lowest BCUT2D eigenvalue weighted by molar-refractivity contribution is 0.178. The minimum Gasteiger partial charge on any atom is -0.494 e. The first kappa shape index (κ1) is 13.7. The lowest BCUT2D eigenvalue weighted by Gasteiger charge is -2.30. The van der Waals surface area contributed by atoms with E-state index in [0.29, 0.717) is 0 Å². The fraction of sp³-hybridized carbons (Fsp3) is 0.600. The highest BCUT2D eigenvalue weighted by Crippen LogP contribution is 2.18. The minimum atomic E-state index is 0.739. The van der Waals surface area contributed by atoms with E-state index in [4.69, 9.17) is 16.3 Å². The van der Waals surface area contributed by atoms with Crippen LogP contribution in [0.5, 0.6) is 5.75 Å². The van der Waals surface area contributed by atoms with Crippen molar-refractivity contribution in [2.75, 3.05) is 32.1 Å². The summed E-state index contributed by atoms with van der Waals surface area (Å²) in [6.07, 6.45) is 3.60. The van der Waals surface area contributed by atoms with E-state index in [1.807, 2.05) is 30.3 Å². The summed E-state index contributed by atoms with van der Waals surface area (Å²) in [7, 11) is 0. The Bertz CT molecular complexity index is 323. The van der Waals surface area contributed by atoms with Crippen molar-refractivity contribution in [3.63, 3.8) is 0 Å². The molecule has 1 aromatic rings. The van der Waals surface area contributed by atoms with Crippen LogP contribution in [0.3, 0.4) is 0 Å². The predicted molar refractivity (Wildman–Crippen MR) is 76.4 cm³/mol. The molecule has 0 bridgehead atoms. The molecule has 0 atom stereocenters. The molecule has 0 saturated carbocycles. The second-order valence-electron chi connectivity index (χ2n) is 4.95. The lowest BCUT2D eigenvalue weighted by atomic mass is 9.99. The molecule has 1 aliphatic rings. The summed E-state index contributed by atoms with van der Waals surface area (Å²) in [6, 6.07) is 10.0. The van der Waals surface area contributed by atoms with Gasteiger partial charge in [0.2, 0.25) is 0 Å². The van der Waals surface area contributed by atoms with Crippen LogP contribution in [0.4, 0.5) is 0 Å². The van der Waals surface area contributed by atoms with Gasteiger partial charge in [0.25, 0.3) is 0 Å². The molecule has 100 valence electrons. The molecule has 0 aromatic heterocycles. The van der Waals surface area contributed by atoms with E-state index in [1.165, 1.54) is 25.9 Å². The molecule has 18 heavy (non-hydrogen) atoms. The normalized spacial score (nSPS) is 17.8. The number of ether oxygens (including phenoxy) is 1. The molecule has 0 unspecified atom stereocenters. The monoisotopic (exact) mass is 267 g/mol. The van der Waals surface area contributed by atoms with Gasteiger partial charge in [-0.1, -0.05) is 18.2 Å². The third-order valence-electron chi connectivity index (χ3n) is 3.56. The van der Waals surface area contributed by atoms with E-state index in [-0.39, 0.29) is 0 Å². The number of para-hydroxylation sites is 1. The second-order valence-corrected chi connectivity index (χ2v) is 5.26. The fourth-order valence-corrected chi connectivity index (χ4v) is 2.67. The van der Waals surface area contributed by atoms with E-state index < -0.39 is 0 Å². The Balaban J connectivity index is 1.56. The molecule has 0 radical (unpaired) electrons. The second kappa shape index (κ2) is 7.65. The molecule has 1 aromatic carbocycles. The minimum absolute atomic E-state index is 0.739. The first-order valence-corrected chi connectivity index (χ1v) is 7.38. The van der Waals surface area contributed by atoms with E-state index >= 15 is 0 Å². The van der Waals surface area contributed by atoms with E-state index in [1.54, 1.807) is 0 Å². The molecule has 1 saturated heterocycles. The van der Waals surface area contributed by atoms with Crippen molar-refractivity contribution in [3.8, 4) is 5.75 Å². The standard InChI is InChI=1S/C15H22ClNO/c16-13-14-7-10-17(11-8-14)9-4-12-18-15-5-2-1-3-6-15/h1-3,5-6,14H,4,7-13H2. The Kier molecular flexibility index (Phi) is 5.82. The number of halogens is 1. The van der Waals surface area contributed by atoms with Crippen molar-refractivity contribution in [1.82, 2.24) is 4.90 Å². The van der Waals surface area contributed by atoms with Crippen LogP contribution < -0.4 is 4.74 Å². The van der Waals surface area contributed by atoms with Crippen LogP contribution >= 0.6 is 11.6 Å². The van der Waals surface area contributed by atoms with Crippen LogP contribution in [-0.4, -0.2) is 37.0 Å². The molecular formula is C15H22ClNO. The van der Waals surface area contributed by atoms with Gasteiger partial charge in [0.05, 0.1) is 6.61 Å². The number of benzene rings is 1. The lowest BCUT2D eigenvalue weighted by Crippen LogP contribution is -2.35. The largest absolute Gasteiger partial charge is 0.494 e. The van der Waals surface area contributed by atoms with Gasteiger partial charge >= 0.3 is 0 Å². The van der Waals surface area contributed by atoms with Crippen LogP contribution in [0, 0.1) is 5.92 Å². The first-order chi connectivity index (χ1) is 8.88. The maximum atomic E-state index is 5.88. The molecule has 0 aliphatic carbocycles. The first-order valence-electron chi connectivity index (χ1n) is 6.84. The van der Waals surface area contributed by atoms with Crippen molar-refractivity contribution in [3.05, 3.63) is 30.3 Å². The highest BCUT2D eigenvalue weighted by molar-refractivity contribution is 6.18. The van der Waals surface area contributed by atoms with Crippen LogP contribution in [0.2, 0.25) is 0 Å². The molecule has 0 spiro atoms. The summed E-state index contributed by atoms with van der Waals surface area (Å²) in [5.74, 6) is 2.53. The molecule has 1 aliphatic heterocycles. The Labute approximate surface area is 115 Å². The molecule has 1 fully saturated rings.